The molecular weight excluding hydrogens is 372 g/mol. The molecule has 1 saturated heterocycles. The Morgan fingerprint density at radius 3 is 2.30 bits per heavy atom. The lowest BCUT2D eigenvalue weighted by molar-refractivity contribution is -0.121. The molecular formula is C18H15ClN4O4. The van der Waals surface area contributed by atoms with Gasteiger partial charge in [0, 0.05) is 23.2 Å². The van der Waals surface area contributed by atoms with Crippen molar-refractivity contribution in [2.45, 2.75) is 12.1 Å². The van der Waals surface area contributed by atoms with E-state index in [9.17, 15) is 9.59 Å². The van der Waals surface area contributed by atoms with Crippen molar-refractivity contribution >= 4 is 34.8 Å². The molecule has 0 saturated carbocycles. The number of benzene rings is 2. The molecule has 0 radical (unpaired) electrons. The fourth-order valence-electron chi connectivity index (χ4n) is 3.17. The highest BCUT2D eigenvalue weighted by molar-refractivity contribution is 6.32. The summed E-state index contributed by atoms with van der Waals surface area (Å²) in [7, 11) is 3.05. The van der Waals surface area contributed by atoms with E-state index in [1.54, 1.807) is 42.5 Å². The summed E-state index contributed by atoms with van der Waals surface area (Å²) in [4.78, 5) is 26.9. The van der Waals surface area contributed by atoms with Crippen LogP contribution in [-0.2, 0) is 9.59 Å². The minimum absolute atomic E-state index is 0.408. The number of halogens is 1. The first-order valence-corrected chi connectivity index (χ1v) is 8.47. The third kappa shape index (κ3) is 2.78. The quantitative estimate of drug-likeness (QED) is 0.754. The summed E-state index contributed by atoms with van der Waals surface area (Å²) in [5, 5.41) is 9.91. The molecule has 0 aliphatic carbocycles. The fourth-order valence-corrected chi connectivity index (χ4v) is 3.35. The van der Waals surface area contributed by atoms with Gasteiger partial charge in [-0.15, -0.1) is 0 Å². The molecule has 27 heavy (non-hydrogen) atoms. The number of methoxy groups -OCH3 is 2. The van der Waals surface area contributed by atoms with Crippen LogP contribution in [0.2, 0.25) is 5.02 Å². The van der Waals surface area contributed by atoms with Crippen LogP contribution in [0.15, 0.2) is 52.8 Å². The predicted octanol–water partition coefficient (Wildman–Crippen LogP) is 2.86. The number of ether oxygens (including phenoxy) is 2. The summed E-state index contributed by atoms with van der Waals surface area (Å²) < 4.78 is 10.5. The molecule has 2 aliphatic rings. The van der Waals surface area contributed by atoms with Crippen molar-refractivity contribution in [1.29, 1.82) is 0 Å². The van der Waals surface area contributed by atoms with E-state index in [0.29, 0.717) is 27.9 Å². The van der Waals surface area contributed by atoms with Crippen LogP contribution < -0.4 is 19.4 Å². The van der Waals surface area contributed by atoms with Crippen molar-refractivity contribution in [2.24, 2.45) is 10.3 Å². The SMILES string of the molecule is COc1cc(OC)cc(N2N=N[C@H]3C(=O)N(c4cccc(Cl)c4)C(=O)[C@H]32)c1. The maximum Gasteiger partial charge on any atom is 0.263 e. The van der Waals surface area contributed by atoms with Crippen molar-refractivity contribution in [2.75, 3.05) is 24.1 Å². The summed E-state index contributed by atoms with van der Waals surface area (Å²) >= 11 is 6.00. The molecule has 2 amide bonds. The van der Waals surface area contributed by atoms with Crippen LogP contribution in [0.1, 0.15) is 0 Å². The van der Waals surface area contributed by atoms with E-state index in [1.165, 1.54) is 19.2 Å². The van der Waals surface area contributed by atoms with Crippen molar-refractivity contribution in [1.82, 2.24) is 0 Å². The van der Waals surface area contributed by atoms with Crippen LogP contribution in [0.25, 0.3) is 0 Å². The second-order valence-corrected chi connectivity index (χ2v) is 6.44. The zero-order valence-corrected chi connectivity index (χ0v) is 15.3. The molecule has 0 aromatic heterocycles. The number of anilines is 2. The Balaban J connectivity index is 1.72. The highest BCUT2D eigenvalue weighted by Gasteiger charge is 2.55. The molecule has 8 nitrogen and oxygen atoms in total. The summed E-state index contributed by atoms with van der Waals surface area (Å²) in [6.45, 7) is 0. The monoisotopic (exact) mass is 386 g/mol. The molecule has 138 valence electrons. The van der Waals surface area contributed by atoms with Gasteiger partial charge in [0.15, 0.2) is 12.1 Å². The Morgan fingerprint density at radius 1 is 0.963 bits per heavy atom. The largest absolute Gasteiger partial charge is 0.497 e. The summed E-state index contributed by atoms with van der Waals surface area (Å²) in [6, 6.07) is 9.89. The fraction of sp³-hybridized carbons (Fsp3) is 0.222. The van der Waals surface area contributed by atoms with E-state index >= 15 is 0 Å². The van der Waals surface area contributed by atoms with Crippen LogP contribution in [0, 0.1) is 0 Å². The van der Waals surface area contributed by atoms with Gasteiger partial charge < -0.3 is 9.47 Å². The van der Waals surface area contributed by atoms with Crippen LogP contribution in [0.4, 0.5) is 11.4 Å². The molecule has 0 N–H and O–H groups in total. The van der Waals surface area contributed by atoms with E-state index in [2.05, 4.69) is 10.3 Å². The number of amides is 2. The van der Waals surface area contributed by atoms with E-state index in [4.69, 9.17) is 21.1 Å². The van der Waals surface area contributed by atoms with E-state index in [-0.39, 0.29) is 0 Å². The number of hydrogen-bond acceptors (Lipinski definition) is 7. The lowest BCUT2D eigenvalue weighted by Gasteiger charge is -2.21. The maximum atomic E-state index is 13.0. The summed E-state index contributed by atoms with van der Waals surface area (Å²) in [5.41, 5.74) is 0.946. The van der Waals surface area contributed by atoms with Crippen molar-refractivity contribution in [3.63, 3.8) is 0 Å². The third-order valence-electron chi connectivity index (χ3n) is 4.45. The number of fused-ring (bicyclic) bond motifs is 1. The average Bonchev–Trinajstić information content (AvgIpc) is 3.21. The van der Waals surface area contributed by atoms with Gasteiger partial charge in [0.2, 0.25) is 0 Å². The van der Waals surface area contributed by atoms with Crippen molar-refractivity contribution < 1.29 is 19.1 Å². The standard InChI is InChI=1S/C18H15ClN4O4/c1-26-13-7-12(8-14(9-13)27-2)23-16-15(20-21-23)17(24)22(18(16)25)11-5-3-4-10(19)6-11/h3-9,15-16H,1-2H3/t15-,16+/m1/s1. The second-order valence-electron chi connectivity index (χ2n) is 6.00. The average molecular weight is 387 g/mol. The highest BCUT2D eigenvalue weighted by atomic mass is 35.5. The summed E-state index contributed by atoms with van der Waals surface area (Å²) in [5.74, 6) is 0.213. The number of carbonyl (C=O) groups excluding carboxylic acids is 2. The maximum absolute atomic E-state index is 13.0. The molecule has 0 unspecified atom stereocenters. The van der Waals surface area contributed by atoms with Gasteiger partial charge in [-0.2, -0.15) is 5.11 Å². The van der Waals surface area contributed by atoms with Crippen LogP contribution >= 0.6 is 11.6 Å². The first-order valence-electron chi connectivity index (χ1n) is 8.10. The normalized spacial score (nSPS) is 21.0. The molecule has 1 fully saturated rings. The van der Waals surface area contributed by atoms with Gasteiger partial charge in [0.05, 0.1) is 25.6 Å². The van der Waals surface area contributed by atoms with E-state index < -0.39 is 23.9 Å². The number of hydrogen-bond donors (Lipinski definition) is 0. The topological polar surface area (TPSA) is 83.8 Å². The minimum atomic E-state index is -0.909. The zero-order chi connectivity index (χ0) is 19.1. The van der Waals surface area contributed by atoms with Gasteiger partial charge in [0.25, 0.3) is 11.8 Å². The predicted molar refractivity (Wildman–Crippen MR) is 98.4 cm³/mol. The van der Waals surface area contributed by atoms with Gasteiger partial charge in [-0.05, 0) is 18.2 Å². The zero-order valence-electron chi connectivity index (χ0n) is 14.5. The number of rotatable bonds is 4. The first kappa shape index (κ1) is 17.3. The van der Waals surface area contributed by atoms with Gasteiger partial charge in [-0.25, -0.2) is 9.91 Å². The van der Waals surface area contributed by atoms with E-state index in [1.807, 2.05) is 0 Å². The van der Waals surface area contributed by atoms with Gasteiger partial charge in [-0.3, -0.25) is 9.59 Å². The van der Waals surface area contributed by atoms with Crippen LogP contribution in [0.3, 0.4) is 0 Å². The Bertz CT molecular complexity index is 942. The molecule has 2 heterocycles. The molecule has 2 aromatic carbocycles. The Kier molecular flexibility index (Phi) is 4.19. The van der Waals surface area contributed by atoms with Gasteiger partial charge in [-0.1, -0.05) is 22.9 Å². The highest BCUT2D eigenvalue weighted by Crippen LogP contribution is 2.38. The van der Waals surface area contributed by atoms with E-state index in [0.717, 1.165) is 4.90 Å². The molecule has 4 rings (SSSR count). The molecule has 2 aromatic rings. The van der Waals surface area contributed by atoms with Gasteiger partial charge >= 0.3 is 0 Å². The van der Waals surface area contributed by atoms with Crippen molar-refractivity contribution in [3.8, 4) is 11.5 Å². The smallest absolute Gasteiger partial charge is 0.263 e. The number of nitrogens with zero attached hydrogens (tertiary/aromatic N) is 4. The summed E-state index contributed by atoms with van der Waals surface area (Å²) in [6.07, 6.45) is 0. The van der Waals surface area contributed by atoms with Crippen molar-refractivity contribution in [3.05, 3.63) is 47.5 Å². The molecule has 2 aliphatic heterocycles. The first-order chi connectivity index (χ1) is 13.0. The Morgan fingerprint density at radius 2 is 1.67 bits per heavy atom. The minimum Gasteiger partial charge on any atom is -0.497 e. The number of carbonyl (C=O) groups is 2. The molecule has 2 atom stereocenters. The molecule has 0 spiro atoms. The molecule has 0 bridgehead atoms. The third-order valence-corrected chi connectivity index (χ3v) is 4.68. The second kappa shape index (κ2) is 6.55. The Hall–Kier alpha value is -3.13. The van der Waals surface area contributed by atoms with Crippen LogP contribution in [0.5, 0.6) is 11.5 Å². The van der Waals surface area contributed by atoms with Crippen LogP contribution in [-0.4, -0.2) is 38.1 Å². The lowest BCUT2D eigenvalue weighted by atomic mass is 10.1. The lowest BCUT2D eigenvalue weighted by Crippen LogP contribution is -2.39. The van der Waals surface area contributed by atoms with Gasteiger partial charge in [0.1, 0.15) is 11.5 Å². The molecule has 9 heteroatoms. The number of imide groups is 1. The Labute approximate surface area is 159 Å².